The number of nitro benzene ring substituents is 1. The maximum atomic E-state index is 12.1. The number of nitro groups is 1. The summed E-state index contributed by atoms with van der Waals surface area (Å²) in [5.74, 6) is -0.201. The monoisotopic (exact) mass is 360 g/mol. The standard InChI is InChI=1S/C15H12N4O5S/c1-8-12(25-7-16-8)15(20)23-9(2)13-17-18-14(24-13)10-3-5-11(6-4-10)19(21)22/h3-7,9H,1-2H3. The van der Waals surface area contributed by atoms with Crippen LogP contribution in [0.25, 0.3) is 11.5 Å². The molecule has 1 aromatic carbocycles. The molecule has 0 fully saturated rings. The van der Waals surface area contributed by atoms with Crippen LogP contribution >= 0.6 is 11.3 Å². The first-order valence-corrected chi connectivity index (χ1v) is 8.03. The highest BCUT2D eigenvalue weighted by molar-refractivity contribution is 7.11. The lowest BCUT2D eigenvalue weighted by atomic mass is 10.2. The van der Waals surface area contributed by atoms with Crippen LogP contribution in [-0.4, -0.2) is 26.1 Å². The summed E-state index contributed by atoms with van der Waals surface area (Å²) in [6.45, 7) is 3.33. The lowest BCUT2D eigenvalue weighted by Gasteiger charge is -2.08. The van der Waals surface area contributed by atoms with E-state index in [1.165, 1.54) is 35.6 Å². The maximum absolute atomic E-state index is 12.1. The van der Waals surface area contributed by atoms with Gasteiger partial charge >= 0.3 is 5.97 Å². The minimum atomic E-state index is -0.742. The van der Waals surface area contributed by atoms with Crippen LogP contribution in [0.2, 0.25) is 0 Å². The molecular weight excluding hydrogens is 348 g/mol. The summed E-state index contributed by atoms with van der Waals surface area (Å²) in [7, 11) is 0. The molecule has 0 bridgehead atoms. The summed E-state index contributed by atoms with van der Waals surface area (Å²) < 4.78 is 10.8. The van der Waals surface area contributed by atoms with Gasteiger partial charge in [-0.1, -0.05) is 0 Å². The van der Waals surface area contributed by atoms with Gasteiger partial charge in [0.05, 0.1) is 16.1 Å². The predicted octanol–water partition coefficient (Wildman–Crippen LogP) is 3.33. The van der Waals surface area contributed by atoms with E-state index < -0.39 is 17.0 Å². The molecule has 0 N–H and O–H groups in total. The van der Waals surface area contributed by atoms with E-state index in [9.17, 15) is 14.9 Å². The topological polar surface area (TPSA) is 121 Å². The van der Waals surface area contributed by atoms with E-state index in [-0.39, 0.29) is 17.5 Å². The lowest BCUT2D eigenvalue weighted by molar-refractivity contribution is -0.384. The minimum absolute atomic E-state index is 0.0364. The Labute approximate surface area is 145 Å². The van der Waals surface area contributed by atoms with Crippen LogP contribution in [0.4, 0.5) is 5.69 Å². The molecule has 25 heavy (non-hydrogen) atoms. The Kier molecular flexibility index (Phi) is 4.52. The van der Waals surface area contributed by atoms with Crippen LogP contribution < -0.4 is 0 Å². The number of thiazole rings is 1. The summed E-state index contributed by atoms with van der Waals surface area (Å²) in [5, 5.41) is 18.4. The molecule has 0 aliphatic rings. The van der Waals surface area contributed by atoms with E-state index in [1.807, 2.05) is 0 Å². The van der Waals surface area contributed by atoms with E-state index >= 15 is 0 Å². The third kappa shape index (κ3) is 3.53. The Morgan fingerprint density at radius 1 is 1.32 bits per heavy atom. The summed E-state index contributed by atoms with van der Waals surface area (Å²) >= 11 is 1.19. The molecule has 3 rings (SSSR count). The fourth-order valence-corrected chi connectivity index (χ4v) is 2.69. The average molecular weight is 360 g/mol. The number of hydrogen-bond donors (Lipinski definition) is 0. The zero-order chi connectivity index (χ0) is 18.0. The summed E-state index contributed by atoms with van der Waals surface area (Å²) in [6, 6.07) is 5.70. The van der Waals surface area contributed by atoms with Crippen LogP contribution in [-0.2, 0) is 4.74 Å². The molecule has 0 saturated heterocycles. The molecule has 1 atom stereocenters. The molecule has 0 radical (unpaired) electrons. The predicted molar refractivity (Wildman–Crippen MR) is 87.1 cm³/mol. The number of carbonyl (C=O) groups is 1. The molecule has 9 nitrogen and oxygen atoms in total. The first-order chi connectivity index (χ1) is 12.0. The third-order valence-electron chi connectivity index (χ3n) is 3.33. The molecule has 0 saturated carbocycles. The van der Waals surface area contributed by atoms with Gasteiger partial charge in [-0.25, -0.2) is 9.78 Å². The second-order valence-corrected chi connectivity index (χ2v) is 5.92. The van der Waals surface area contributed by atoms with Crippen LogP contribution in [0.1, 0.15) is 34.3 Å². The van der Waals surface area contributed by atoms with Gasteiger partial charge in [0, 0.05) is 17.7 Å². The zero-order valence-electron chi connectivity index (χ0n) is 13.2. The number of nitrogens with zero attached hydrogens (tertiary/aromatic N) is 4. The van der Waals surface area contributed by atoms with Crippen LogP contribution in [0, 0.1) is 17.0 Å². The minimum Gasteiger partial charge on any atom is -0.448 e. The van der Waals surface area contributed by atoms with Crippen molar-refractivity contribution in [2.75, 3.05) is 0 Å². The Hall–Kier alpha value is -3.14. The first-order valence-electron chi connectivity index (χ1n) is 7.15. The van der Waals surface area contributed by atoms with Crippen molar-refractivity contribution in [2.45, 2.75) is 20.0 Å². The van der Waals surface area contributed by atoms with Gasteiger partial charge in [-0.2, -0.15) is 0 Å². The average Bonchev–Trinajstić information content (AvgIpc) is 3.24. The molecule has 0 amide bonds. The van der Waals surface area contributed by atoms with E-state index in [1.54, 1.807) is 19.4 Å². The molecule has 2 aromatic heterocycles. The molecule has 0 aliphatic carbocycles. The van der Waals surface area contributed by atoms with E-state index in [2.05, 4.69) is 15.2 Å². The number of aryl methyl sites for hydroxylation is 1. The van der Waals surface area contributed by atoms with Crippen molar-refractivity contribution in [1.82, 2.24) is 15.2 Å². The number of benzene rings is 1. The number of carbonyl (C=O) groups excluding carboxylic acids is 1. The molecule has 0 aliphatic heterocycles. The van der Waals surface area contributed by atoms with Gasteiger partial charge in [-0.3, -0.25) is 10.1 Å². The van der Waals surface area contributed by atoms with E-state index in [4.69, 9.17) is 9.15 Å². The maximum Gasteiger partial charge on any atom is 0.351 e. The number of non-ortho nitro benzene ring substituents is 1. The van der Waals surface area contributed by atoms with Gasteiger partial charge < -0.3 is 9.15 Å². The van der Waals surface area contributed by atoms with Crippen molar-refractivity contribution in [3.8, 4) is 11.5 Å². The summed E-state index contributed by atoms with van der Waals surface area (Å²) in [5.41, 5.74) is 2.65. The normalized spacial score (nSPS) is 11.9. The fourth-order valence-electron chi connectivity index (χ4n) is 2.00. The summed E-state index contributed by atoms with van der Waals surface area (Å²) in [6.07, 6.45) is -0.742. The highest BCUT2D eigenvalue weighted by Gasteiger charge is 2.22. The van der Waals surface area contributed by atoms with Crippen molar-refractivity contribution in [1.29, 1.82) is 0 Å². The number of esters is 1. The Morgan fingerprint density at radius 3 is 2.64 bits per heavy atom. The smallest absolute Gasteiger partial charge is 0.351 e. The van der Waals surface area contributed by atoms with Crippen molar-refractivity contribution in [3.05, 3.63) is 56.4 Å². The molecule has 2 heterocycles. The number of rotatable bonds is 5. The van der Waals surface area contributed by atoms with Gasteiger partial charge in [-0.05, 0) is 26.0 Å². The first kappa shape index (κ1) is 16.7. The summed E-state index contributed by atoms with van der Waals surface area (Å²) in [4.78, 5) is 26.7. The number of ether oxygens (including phenoxy) is 1. The van der Waals surface area contributed by atoms with Crippen molar-refractivity contribution >= 4 is 23.0 Å². The van der Waals surface area contributed by atoms with Crippen molar-refractivity contribution < 1.29 is 18.9 Å². The molecule has 3 aromatic rings. The quantitative estimate of drug-likeness (QED) is 0.386. The van der Waals surface area contributed by atoms with Crippen molar-refractivity contribution in [3.63, 3.8) is 0 Å². The third-order valence-corrected chi connectivity index (χ3v) is 4.24. The number of hydrogen-bond acceptors (Lipinski definition) is 9. The second-order valence-electron chi connectivity index (χ2n) is 5.06. The molecule has 128 valence electrons. The largest absolute Gasteiger partial charge is 0.448 e. The molecule has 0 spiro atoms. The lowest BCUT2D eigenvalue weighted by Crippen LogP contribution is -2.09. The van der Waals surface area contributed by atoms with E-state index in [0.29, 0.717) is 16.1 Å². The highest BCUT2D eigenvalue weighted by atomic mass is 32.1. The van der Waals surface area contributed by atoms with Gasteiger partial charge in [0.25, 0.3) is 11.6 Å². The van der Waals surface area contributed by atoms with Crippen LogP contribution in [0.5, 0.6) is 0 Å². The van der Waals surface area contributed by atoms with Crippen LogP contribution in [0.3, 0.4) is 0 Å². The molecular formula is C15H12N4O5S. The Bertz CT molecular complexity index is 918. The van der Waals surface area contributed by atoms with Gasteiger partial charge in [0.2, 0.25) is 5.89 Å². The van der Waals surface area contributed by atoms with Gasteiger partial charge in [0.1, 0.15) is 4.88 Å². The highest BCUT2D eigenvalue weighted by Crippen LogP contribution is 2.25. The Morgan fingerprint density at radius 2 is 2.04 bits per heavy atom. The second kappa shape index (κ2) is 6.77. The molecule has 1 unspecified atom stereocenters. The Balaban J connectivity index is 1.73. The van der Waals surface area contributed by atoms with E-state index in [0.717, 1.165) is 0 Å². The zero-order valence-corrected chi connectivity index (χ0v) is 14.0. The number of aromatic nitrogens is 3. The SMILES string of the molecule is Cc1ncsc1C(=O)OC(C)c1nnc(-c2ccc([N+](=O)[O-])cc2)o1. The fraction of sp³-hybridized carbons (Fsp3) is 0.200. The van der Waals surface area contributed by atoms with Gasteiger partial charge in [0.15, 0.2) is 6.10 Å². The van der Waals surface area contributed by atoms with Crippen LogP contribution in [0.15, 0.2) is 34.2 Å². The van der Waals surface area contributed by atoms with Gasteiger partial charge in [-0.15, -0.1) is 21.5 Å². The van der Waals surface area contributed by atoms with Crippen molar-refractivity contribution in [2.24, 2.45) is 0 Å². The molecule has 10 heteroatoms.